The van der Waals surface area contributed by atoms with E-state index < -0.39 is 0 Å². The summed E-state index contributed by atoms with van der Waals surface area (Å²) in [5.74, 6) is -0.328. The molecule has 1 aromatic carbocycles. The number of hydrogen-bond donors (Lipinski definition) is 2. The molecule has 27 heavy (non-hydrogen) atoms. The molecule has 5 nitrogen and oxygen atoms in total. The number of hydrogen-bond acceptors (Lipinski definition) is 4. The maximum absolute atomic E-state index is 12.8. The zero-order valence-electron chi connectivity index (χ0n) is 14.8. The smallest absolute Gasteiger partial charge is 0.255 e. The lowest BCUT2D eigenvalue weighted by molar-refractivity contribution is -0.115. The highest BCUT2D eigenvalue weighted by Gasteiger charge is 2.20. The Morgan fingerprint density at radius 3 is 2.59 bits per heavy atom. The number of piperidine rings is 1. The first-order chi connectivity index (χ1) is 13.1. The van der Waals surface area contributed by atoms with Gasteiger partial charge in [0, 0.05) is 24.0 Å². The summed E-state index contributed by atoms with van der Waals surface area (Å²) >= 11 is 6.78. The molecule has 2 amide bonds. The first-order valence-electron chi connectivity index (χ1n) is 8.85. The van der Waals surface area contributed by atoms with Gasteiger partial charge >= 0.3 is 0 Å². The molecule has 1 saturated heterocycles. The highest BCUT2D eigenvalue weighted by Crippen LogP contribution is 2.20. The lowest BCUT2D eigenvalue weighted by atomic mass is 10.1. The van der Waals surface area contributed by atoms with Gasteiger partial charge in [-0.1, -0.05) is 18.2 Å². The number of likely N-dealkylation sites (tertiary alicyclic amines) is 1. The van der Waals surface area contributed by atoms with Crippen LogP contribution in [-0.4, -0.2) is 34.9 Å². The van der Waals surface area contributed by atoms with Crippen molar-refractivity contribution in [2.45, 2.75) is 19.3 Å². The quantitative estimate of drug-likeness (QED) is 0.605. The molecule has 0 bridgehead atoms. The van der Waals surface area contributed by atoms with E-state index in [2.05, 4.69) is 10.6 Å². The molecule has 0 saturated carbocycles. The van der Waals surface area contributed by atoms with Gasteiger partial charge in [-0.15, -0.1) is 11.3 Å². The van der Waals surface area contributed by atoms with Crippen LogP contribution in [0, 0.1) is 0 Å². The molecular formula is C20H21N3O2S2. The van der Waals surface area contributed by atoms with E-state index in [-0.39, 0.29) is 16.9 Å². The fourth-order valence-electron chi connectivity index (χ4n) is 2.90. The number of benzene rings is 1. The van der Waals surface area contributed by atoms with E-state index in [4.69, 9.17) is 12.2 Å². The molecule has 1 aliphatic rings. The van der Waals surface area contributed by atoms with Crippen LogP contribution in [0.25, 0.3) is 6.08 Å². The first kappa shape index (κ1) is 19.3. The third-order valence-electron chi connectivity index (χ3n) is 4.23. The number of carbonyl (C=O) groups excluding carboxylic acids is 2. The summed E-state index contributed by atoms with van der Waals surface area (Å²) in [5, 5.41) is 7.69. The Morgan fingerprint density at radius 2 is 1.85 bits per heavy atom. The van der Waals surface area contributed by atoms with Crippen LogP contribution >= 0.6 is 23.6 Å². The molecule has 2 heterocycles. The molecule has 0 atom stereocenters. The molecule has 0 radical (unpaired) electrons. The second kappa shape index (κ2) is 9.43. The summed E-state index contributed by atoms with van der Waals surface area (Å²) in [6.45, 7) is 1.56. The zero-order valence-corrected chi connectivity index (χ0v) is 16.4. The van der Waals surface area contributed by atoms with Gasteiger partial charge in [-0.2, -0.15) is 0 Å². The monoisotopic (exact) mass is 399 g/mol. The fraction of sp³-hybridized carbons (Fsp3) is 0.250. The molecule has 2 N–H and O–H groups in total. The van der Waals surface area contributed by atoms with Gasteiger partial charge in [-0.3, -0.25) is 14.9 Å². The van der Waals surface area contributed by atoms with Gasteiger partial charge in [-0.05, 0) is 61.1 Å². The molecular weight excluding hydrogens is 378 g/mol. The van der Waals surface area contributed by atoms with Crippen molar-refractivity contribution in [2.75, 3.05) is 18.4 Å². The van der Waals surface area contributed by atoms with Crippen molar-refractivity contribution in [1.82, 2.24) is 10.2 Å². The number of nitrogens with one attached hydrogen (secondary N) is 2. The predicted octanol–water partition coefficient (Wildman–Crippen LogP) is 3.90. The van der Waals surface area contributed by atoms with E-state index in [9.17, 15) is 9.59 Å². The van der Waals surface area contributed by atoms with Crippen LogP contribution in [0.5, 0.6) is 0 Å². The summed E-state index contributed by atoms with van der Waals surface area (Å²) < 4.78 is 0. The molecule has 2 aromatic rings. The number of rotatable bonds is 4. The van der Waals surface area contributed by atoms with Gasteiger partial charge in [0.25, 0.3) is 5.91 Å². The number of thiophene rings is 1. The third kappa shape index (κ3) is 5.48. The Labute approximate surface area is 168 Å². The summed E-state index contributed by atoms with van der Waals surface area (Å²) in [6, 6.07) is 11.1. The predicted molar refractivity (Wildman–Crippen MR) is 114 cm³/mol. The van der Waals surface area contributed by atoms with E-state index in [0.717, 1.165) is 30.8 Å². The number of anilines is 1. The van der Waals surface area contributed by atoms with Gasteiger partial charge in [0.1, 0.15) is 0 Å². The highest BCUT2D eigenvalue weighted by atomic mass is 32.1. The van der Waals surface area contributed by atoms with Crippen LogP contribution in [0.3, 0.4) is 0 Å². The summed E-state index contributed by atoms with van der Waals surface area (Å²) in [7, 11) is 0. The largest absolute Gasteiger partial charge is 0.339 e. The minimum absolute atomic E-state index is 0.00971. The van der Waals surface area contributed by atoms with Gasteiger partial charge in [0.2, 0.25) is 5.91 Å². The van der Waals surface area contributed by atoms with Crippen molar-refractivity contribution in [3.8, 4) is 0 Å². The Hall–Kier alpha value is -2.51. The van der Waals surface area contributed by atoms with Gasteiger partial charge in [0.15, 0.2) is 5.11 Å². The van der Waals surface area contributed by atoms with Crippen LogP contribution in [0.1, 0.15) is 34.5 Å². The van der Waals surface area contributed by atoms with Crippen LogP contribution in [0.4, 0.5) is 5.69 Å². The minimum Gasteiger partial charge on any atom is -0.339 e. The van der Waals surface area contributed by atoms with E-state index in [1.165, 1.54) is 12.5 Å². The SMILES string of the molecule is O=C(C=Cc1cccs1)NC(=S)Nc1ccccc1C(=O)N1CCCCC1. The molecule has 0 aliphatic carbocycles. The Morgan fingerprint density at radius 1 is 1.07 bits per heavy atom. The Bertz CT molecular complexity index is 841. The first-order valence-corrected chi connectivity index (χ1v) is 10.1. The molecule has 0 unspecified atom stereocenters. The summed E-state index contributed by atoms with van der Waals surface area (Å²) in [4.78, 5) is 27.7. The fourth-order valence-corrected chi connectivity index (χ4v) is 3.73. The van der Waals surface area contributed by atoms with Crippen molar-refractivity contribution in [1.29, 1.82) is 0 Å². The molecule has 140 valence electrons. The normalized spacial score (nSPS) is 14.1. The van der Waals surface area contributed by atoms with Crippen LogP contribution in [0.15, 0.2) is 47.9 Å². The van der Waals surface area contributed by atoms with Crippen molar-refractivity contribution >= 4 is 52.2 Å². The summed E-state index contributed by atoms with van der Waals surface area (Å²) in [6.07, 6.45) is 6.40. The molecule has 1 aromatic heterocycles. The van der Waals surface area contributed by atoms with Gasteiger partial charge < -0.3 is 10.2 Å². The number of thiocarbonyl (C=S) groups is 1. The van der Waals surface area contributed by atoms with Crippen molar-refractivity contribution < 1.29 is 9.59 Å². The second-order valence-electron chi connectivity index (χ2n) is 6.19. The van der Waals surface area contributed by atoms with E-state index >= 15 is 0 Å². The van der Waals surface area contributed by atoms with Gasteiger partial charge in [0.05, 0.1) is 11.3 Å². The average Bonchev–Trinajstić information content (AvgIpc) is 3.20. The Balaban J connectivity index is 1.62. The maximum Gasteiger partial charge on any atom is 0.255 e. The topological polar surface area (TPSA) is 61.4 Å². The molecule has 0 spiro atoms. The molecule has 1 aliphatic heterocycles. The van der Waals surface area contributed by atoms with Gasteiger partial charge in [-0.25, -0.2) is 0 Å². The van der Waals surface area contributed by atoms with Crippen molar-refractivity contribution in [2.24, 2.45) is 0 Å². The highest BCUT2D eigenvalue weighted by molar-refractivity contribution is 7.80. The van der Waals surface area contributed by atoms with Crippen LogP contribution < -0.4 is 10.6 Å². The minimum atomic E-state index is -0.319. The molecule has 7 heteroatoms. The van der Waals surface area contributed by atoms with E-state index in [1.54, 1.807) is 29.5 Å². The zero-order chi connectivity index (χ0) is 19.1. The average molecular weight is 400 g/mol. The lowest BCUT2D eigenvalue weighted by Gasteiger charge is -2.27. The summed E-state index contributed by atoms with van der Waals surface area (Å²) in [5.41, 5.74) is 1.16. The Kier molecular flexibility index (Phi) is 6.73. The van der Waals surface area contributed by atoms with E-state index in [0.29, 0.717) is 11.3 Å². The number of amides is 2. The van der Waals surface area contributed by atoms with Crippen LogP contribution in [-0.2, 0) is 4.79 Å². The molecule has 3 rings (SSSR count). The van der Waals surface area contributed by atoms with Crippen molar-refractivity contribution in [3.63, 3.8) is 0 Å². The van der Waals surface area contributed by atoms with Crippen LogP contribution in [0.2, 0.25) is 0 Å². The van der Waals surface area contributed by atoms with Crippen molar-refractivity contribution in [3.05, 3.63) is 58.3 Å². The second-order valence-corrected chi connectivity index (χ2v) is 7.58. The lowest BCUT2D eigenvalue weighted by Crippen LogP contribution is -2.37. The molecule has 1 fully saturated rings. The van der Waals surface area contributed by atoms with E-state index in [1.807, 2.05) is 34.5 Å². The number of carbonyl (C=O) groups is 2. The standard InChI is InChI=1S/C20H21N3O2S2/c24-18(11-10-15-7-6-14-27-15)22-20(26)21-17-9-3-2-8-16(17)19(25)23-12-4-1-5-13-23/h2-3,6-11,14H,1,4-5,12-13H2,(H2,21,22,24,26). The number of nitrogens with zero attached hydrogens (tertiary/aromatic N) is 1. The number of para-hydroxylation sites is 1. The third-order valence-corrected chi connectivity index (χ3v) is 5.27. The maximum atomic E-state index is 12.8.